The average molecular weight is 360 g/mol. The first-order valence-electron chi connectivity index (χ1n) is 8.78. The lowest BCUT2D eigenvalue weighted by Crippen LogP contribution is -2.48. The van der Waals surface area contributed by atoms with Gasteiger partial charge in [-0.15, -0.1) is 0 Å². The molecule has 7 nitrogen and oxygen atoms in total. The number of carbonyl (C=O) groups is 1. The zero-order chi connectivity index (χ0) is 17.2. The summed E-state index contributed by atoms with van der Waals surface area (Å²) in [6.45, 7) is 5.64. The Labute approximate surface area is 144 Å². The van der Waals surface area contributed by atoms with Crippen molar-refractivity contribution in [3.05, 3.63) is 0 Å². The zero-order valence-corrected chi connectivity index (χ0v) is 15.2. The van der Waals surface area contributed by atoms with Gasteiger partial charge in [-0.05, 0) is 19.3 Å². The summed E-state index contributed by atoms with van der Waals surface area (Å²) >= 11 is 0. The van der Waals surface area contributed by atoms with E-state index in [0.717, 1.165) is 52.2 Å². The van der Waals surface area contributed by atoms with E-state index in [-0.39, 0.29) is 23.7 Å². The molecule has 3 fully saturated rings. The molecule has 0 aliphatic carbocycles. The summed E-state index contributed by atoms with van der Waals surface area (Å²) in [4.78, 5) is 16.4. The number of morpholine rings is 1. The number of likely N-dealkylation sites (tertiary alicyclic amines) is 1. The number of amides is 1. The van der Waals surface area contributed by atoms with E-state index in [1.807, 2.05) is 0 Å². The molecule has 24 heavy (non-hydrogen) atoms. The Balaban J connectivity index is 1.47. The van der Waals surface area contributed by atoms with Crippen LogP contribution in [0.5, 0.6) is 0 Å². The number of hydrogen-bond donors (Lipinski definition) is 0. The lowest BCUT2D eigenvalue weighted by atomic mass is 9.87. The highest BCUT2D eigenvalue weighted by Crippen LogP contribution is 2.37. The predicted octanol–water partition coefficient (Wildman–Crippen LogP) is -0.0966. The highest BCUT2D eigenvalue weighted by Gasteiger charge is 2.45. The van der Waals surface area contributed by atoms with Gasteiger partial charge in [0.25, 0.3) is 0 Å². The van der Waals surface area contributed by atoms with Gasteiger partial charge in [-0.1, -0.05) is 0 Å². The highest BCUT2D eigenvalue weighted by atomic mass is 32.2. The molecule has 1 amide bonds. The number of sulfone groups is 1. The molecule has 1 unspecified atom stereocenters. The van der Waals surface area contributed by atoms with E-state index in [1.165, 1.54) is 6.26 Å². The van der Waals surface area contributed by atoms with Gasteiger partial charge in [-0.25, -0.2) is 8.42 Å². The Bertz CT molecular complexity index is 551. The molecule has 0 saturated carbocycles. The molecule has 3 aliphatic heterocycles. The van der Waals surface area contributed by atoms with Crippen molar-refractivity contribution in [2.24, 2.45) is 0 Å². The van der Waals surface area contributed by atoms with Gasteiger partial charge in [0.2, 0.25) is 5.91 Å². The number of nitrogens with zero attached hydrogens (tertiary/aromatic N) is 2. The van der Waals surface area contributed by atoms with Crippen LogP contribution >= 0.6 is 0 Å². The first kappa shape index (κ1) is 18.1. The summed E-state index contributed by atoms with van der Waals surface area (Å²) in [5, 5.41) is 0. The topological polar surface area (TPSA) is 76.2 Å². The molecular formula is C16H28N2O5S. The van der Waals surface area contributed by atoms with Crippen molar-refractivity contribution >= 4 is 15.7 Å². The van der Waals surface area contributed by atoms with Crippen molar-refractivity contribution < 1.29 is 22.7 Å². The lowest BCUT2D eigenvalue weighted by molar-refractivity contribution is -0.135. The first-order chi connectivity index (χ1) is 11.4. The minimum absolute atomic E-state index is 0.0574. The van der Waals surface area contributed by atoms with Crippen molar-refractivity contribution in [2.45, 2.75) is 37.3 Å². The van der Waals surface area contributed by atoms with Gasteiger partial charge in [-0.2, -0.15) is 0 Å². The molecule has 1 atom stereocenters. The SMILES string of the molecule is CS(=O)(=O)CCC(=O)N1CCC2(CC1)CC(N1CCOCC1)CO2. The third-order valence-corrected chi connectivity index (χ3v) is 6.41. The standard InChI is InChI=1S/C16H28N2O5S/c1-24(20,21)11-2-15(19)18-5-3-16(4-6-18)12-14(13-23-16)17-7-9-22-10-8-17/h14H,2-13H2,1H3. The van der Waals surface area contributed by atoms with Gasteiger partial charge < -0.3 is 14.4 Å². The second-order valence-corrected chi connectivity index (χ2v) is 9.52. The van der Waals surface area contributed by atoms with Crippen LogP contribution in [0.3, 0.4) is 0 Å². The number of ether oxygens (including phenoxy) is 2. The third kappa shape index (κ3) is 4.47. The molecule has 8 heteroatoms. The fraction of sp³-hybridized carbons (Fsp3) is 0.938. The number of rotatable bonds is 4. The molecule has 0 radical (unpaired) electrons. The van der Waals surface area contributed by atoms with Gasteiger partial charge in [0.05, 0.1) is 31.2 Å². The third-order valence-electron chi connectivity index (χ3n) is 5.47. The van der Waals surface area contributed by atoms with Crippen molar-refractivity contribution in [1.29, 1.82) is 0 Å². The van der Waals surface area contributed by atoms with Crippen LogP contribution in [0, 0.1) is 0 Å². The van der Waals surface area contributed by atoms with Crippen molar-refractivity contribution in [2.75, 3.05) is 58.0 Å². The van der Waals surface area contributed by atoms with Crippen LogP contribution in [0.15, 0.2) is 0 Å². The molecule has 0 N–H and O–H groups in total. The molecule has 0 bridgehead atoms. The van der Waals surface area contributed by atoms with Crippen LogP contribution in [-0.4, -0.2) is 93.8 Å². The highest BCUT2D eigenvalue weighted by molar-refractivity contribution is 7.90. The molecule has 0 aromatic rings. The van der Waals surface area contributed by atoms with Crippen LogP contribution in [0.25, 0.3) is 0 Å². The van der Waals surface area contributed by atoms with Crippen molar-refractivity contribution in [3.63, 3.8) is 0 Å². The van der Waals surface area contributed by atoms with E-state index in [0.29, 0.717) is 19.1 Å². The fourth-order valence-electron chi connectivity index (χ4n) is 3.94. The summed E-state index contributed by atoms with van der Waals surface area (Å²) in [7, 11) is -3.09. The zero-order valence-electron chi connectivity index (χ0n) is 14.4. The monoisotopic (exact) mass is 360 g/mol. The van der Waals surface area contributed by atoms with E-state index in [4.69, 9.17) is 9.47 Å². The number of piperidine rings is 1. The first-order valence-corrected chi connectivity index (χ1v) is 10.8. The van der Waals surface area contributed by atoms with Crippen LogP contribution in [-0.2, 0) is 24.1 Å². The predicted molar refractivity (Wildman–Crippen MR) is 89.6 cm³/mol. The van der Waals surface area contributed by atoms with E-state index >= 15 is 0 Å². The Morgan fingerprint density at radius 3 is 2.46 bits per heavy atom. The largest absolute Gasteiger partial charge is 0.379 e. The van der Waals surface area contributed by atoms with E-state index in [1.54, 1.807) is 4.90 Å². The quantitative estimate of drug-likeness (QED) is 0.697. The van der Waals surface area contributed by atoms with Crippen LogP contribution in [0.4, 0.5) is 0 Å². The van der Waals surface area contributed by atoms with E-state index in [9.17, 15) is 13.2 Å². The van der Waals surface area contributed by atoms with E-state index < -0.39 is 9.84 Å². The molecule has 0 aromatic heterocycles. The van der Waals surface area contributed by atoms with Gasteiger partial charge in [0.15, 0.2) is 0 Å². The molecule has 3 rings (SSSR count). The minimum Gasteiger partial charge on any atom is -0.379 e. The molecule has 138 valence electrons. The molecule has 0 aromatic carbocycles. The lowest BCUT2D eigenvalue weighted by Gasteiger charge is -2.39. The van der Waals surface area contributed by atoms with Gasteiger partial charge in [0.1, 0.15) is 9.84 Å². The van der Waals surface area contributed by atoms with Gasteiger partial charge in [-0.3, -0.25) is 9.69 Å². The Morgan fingerprint density at radius 2 is 1.83 bits per heavy atom. The van der Waals surface area contributed by atoms with Crippen LogP contribution in [0.1, 0.15) is 25.7 Å². The summed E-state index contributed by atoms with van der Waals surface area (Å²) in [5.41, 5.74) is -0.101. The molecule has 3 aliphatic rings. The van der Waals surface area contributed by atoms with Crippen molar-refractivity contribution in [1.82, 2.24) is 9.80 Å². The smallest absolute Gasteiger partial charge is 0.223 e. The molecule has 3 heterocycles. The van der Waals surface area contributed by atoms with Crippen LogP contribution in [0.2, 0.25) is 0 Å². The minimum atomic E-state index is -3.09. The molecule has 1 spiro atoms. The summed E-state index contributed by atoms with van der Waals surface area (Å²) < 4.78 is 34.0. The normalized spacial score (nSPS) is 28.4. The number of hydrogen-bond acceptors (Lipinski definition) is 6. The summed E-state index contributed by atoms with van der Waals surface area (Å²) in [6, 6.07) is 0.460. The van der Waals surface area contributed by atoms with Crippen LogP contribution < -0.4 is 0 Å². The van der Waals surface area contributed by atoms with Gasteiger partial charge in [0, 0.05) is 44.9 Å². The maximum atomic E-state index is 12.2. The maximum absolute atomic E-state index is 12.2. The van der Waals surface area contributed by atoms with Gasteiger partial charge >= 0.3 is 0 Å². The summed E-state index contributed by atoms with van der Waals surface area (Å²) in [5.74, 6) is -0.124. The second-order valence-electron chi connectivity index (χ2n) is 7.26. The summed E-state index contributed by atoms with van der Waals surface area (Å²) in [6.07, 6.45) is 3.97. The molecular weight excluding hydrogens is 332 g/mol. The number of carbonyl (C=O) groups excluding carboxylic acids is 1. The Hall–Kier alpha value is -0.700. The second kappa shape index (κ2) is 7.27. The van der Waals surface area contributed by atoms with E-state index in [2.05, 4.69) is 4.90 Å². The Morgan fingerprint density at radius 1 is 1.17 bits per heavy atom. The average Bonchev–Trinajstić information content (AvgIpc) is 2.97. The maximum Gasteiger partial charge on any atom is 0.223 e. The fourth-order valence-corrected chi connectivity index (χ4v) is 4.49. The Kier molecular flexibility index (Phi) is 5.48. The molecule has 3 saturated heterocycles. The van der Waals surface area contributed by atoms with Crippen molar-refractivity contribution in [3.8, 4) is 0 Å².